The molecule has 104 valence electrons. The van der Waals surface area contributed by atoms with Gasteiger partial charge in [-0.15, -0.1) is 0 Å². The highest BCUT2D eigenvalue weighted by Gasteiger charge is 2.36. The van der Waals surface area contributed by atoms with E-state index < -0.39 is 0 Å². The number of hydrogen-bond donors (Lipinski definition) is 1. The highest BCUT2D eigenvalue weighted by Crippen LogP contribution is 2.46. The summed E-state index contributed by atoms with van der Waals surface area (Å²) in [6.45, 7) is 4.51. The maximum atomic E-state index is 5.91. The van der Waals surface area contributed by atoms with Crippen molar-refractivity contribution in [2.24, 2.45) is 11.1 Å². The minimum Gasteiger partial charge on any atom is -0.371 e. The summed E-state index contributed by atoms with van der Waals surface area (Å²) in [4.78, 5) is 2.55. The first-order valence-electron chi connectivity index (χ1n) is 7.79. The van der Waals surface area contributed by atoms with Crippen LogP contribution in [0.3, 0.4) is 0 Å². The van der Waals surface area contributed by atoms with Crippen LogP contribution in [0, 0.1) is 5.41 Å². The van der Waals surface area contributed by atoms with Crippen molar-refractivity contribution in [3.05, 3.63) is 29.8 Å². The van der Waals surface area contributed by atoms with E-state index >= 15 is 0 Å². The zero-order valence-electron chi connectivity index (χ0n) is 12.1. The summed E-state index contributed by atoms with van der Waals surface area (Å²) >= 11 is 0. The Labute approximate surface area is 117 Å². The second-order valence-electron chi connectivity index (χ2n) is 6.57. The van der Waals surface area contributed by atoms with Crippen LogP contribution in [0.2, 0.25) is 0 Å². The van der Waals surface area contributed by atoms with Crippen LogP contribution in [0.5, 0.6) is 0 Å². The van der Waals surface area contributed by atoms with Gasteiger partial charge in [0.1, 0.15) is 0 Å². The SMILES string of the molecule is CC(N)c1ccc(N2CCC3(CCCC3)CC2)cc1. The fourth-order valence-electron chi connectivity index (χ4n) is 3.85. The lowest BCUT2D eigenvalue weighted by atomic mass is 9.77. The van der Waals surface area contributed by atoms with E-state index in [1.165, 1.54) is 62.9 Å². The molecule has 1 heterocycles. The van der Waals surface area contributed by atoms with Gasteiger partial charge in [-0.05, 0) is 55.7 Å². The van der Waals surface area contributed by atoms with Gasteiger partial charge in [0.25, 0.3) is 0 Å². The number of nitrogens with zero attached hydrogens (tertiary/aromatic N) is 1. The van der Waals surface area contributed by atoms with Crippen molar-refractivity contribution >= 4 is 5.69 Å². The molecule has 2 N–H and O–H groups in total. The maximum absolute atomic E-state index is 5.91. The standard InChI is InChI=1S/C17H26N2/c1-14(18)15-4-6-16(7-5-15)19-12-10-17(11-13-19)8-2-3-9-17/h4-7,14H,2-3,8-13,18H2,1H3. The lowest BCUT2D eigenvalue weighted by Crippen LogP contribution is -2.38. The highest BCUT2D eigenvalue weighted by molar-refractivity contribution is 5.48. The van der Waals surface area contributed by atoms with E-state index in [-0.39, 0.29) is 6.04 Å². The first-order valence-corrected chi connectivity index (χ1v) is 7.79. The van der Waals surface area contributed by atoms with E-state index in [0.29, 0.717) is 5.41 Å². The quantitative estimate of drug-likeness (QED) is 0.872. The number of piperidine rings is 1. The van der Waals surface area contributed by atoms with Gasteiger partial charge >= 0.3 is 0 Å². The molecule has 0 bridgehead atoms. The molecular weight excluding hydrogens is 232 g/mol. The average molecular weight is 258 g/mol. The van der Waals surface area contributed by atoms with Gasteiger partial charge in [-0.25, -0.2) is 0 Å². The first kappa shape index (κ1) is 13.0. The molecule has 2 aliphatic rings. The second-order valence-corrected chi connectivity index (χ2v) is 6.57. The van der Waals surface area contributed by atoms with Crippen molar-refractivity contribution in [1.29, 1.82) is 0 Å². The summed E-state index contributed by atoms with van der Waals surface area (Å²) in [5.41, 5.74) is 9.22. The van der Waals surface area contributed by atoms with E-state index in [2.05, 4.69) is 29.2 Å². The predicted molar refractivity (Wildman–Crippen MR) is 81.4 cm³/mol. The van der Waals surface area contributed by atoms with Gasteiger partial charge in [0.05, 0.1) is 0 Å². The number of rotatable bonds is 2. The fourth-order valence-corrected chi connectivity index (χ4v) is 3.85. The van der Waals surface area contributed by atoms with Gasteiger partial charge in [0.2, 0.25) is 0 Å². The Morgan fingerprint density at radius 3 is 2.11 bits per heavy atom. The third-order valence-corrected chi connectivity index (χ3v) is 5.27. The number of nitrogens with two attached hydrogens (primary N) is 1. The topological polar surface area (TPSA) is 29.3 Å². The van der Waals surface area contributed by atoms with Crippen molar-refractivity contribution in [2.45, 2.75) is 51.5 Å². The molecule has 0 aromatic heterocycles. The molecule has 1 spiro atoms. The Bertz CT molecular complexity index is 405. The zero-order valence-corrected chi connectivity index (χ0v) is 12.1. The molecule has 1 unspecified atom stereocenters. The van der Waals surface area contributed by atoms with Gasteiger partial charge < -0.3 is 10.6 Å². The summed E-state index contributed by atoms with van der Waals surface area (Å²) in [5.74, 6) is 0. The minimum absolute atomic E-state index is 0.136. The van der Waals surface area contributed by atoms with E-state index in [4.69, 9.17) is 5.73 Å². The molecule has 2 fully saturated rings. The third-order valence-electron chi connectivity index (χ3n) is 5.27. The molecule has 1 aromatic carbocycles. The van der Waals surface area contributed by atoms with Crippen molar-refractivity contribution in [2.75, 3.05) is 18.0 Å². The number of benzene rings is 1. The monoisotopic (exact) mass is 258 g/mol. The van der Waals surface area contributed by atoms with Gasteiger partial charge in [0.15, 0.2) is 0 Å². The Hall–Kier alpha value is -1.02. The Kier molecular flexibility index (Phi) is 3.53. The Morgan fingerprint density at radius 2 is 1.58 bits per heavy atom. The lowest BCUT2D eigenvalue weighted by Gasteiger charge is -2.40. The summed E-state index contributed by atoms with van der Waals surface area (Å²) in [6, 6.07) is 8.98. The summed E-state index contributed by atoms with van der Waals surface area (Å²) in [6.07, 6.45) is 8.66. The van der Waals surface area contributed by atoms with Gasteiger partial charge in [-0.3, -0.25) is 0 Å². The van der Waals surface area contributed by atoms with Crippen molar-refractivity contribution in [3.63, 3.8) is 0 Å². The number of anilines is 1. The van der Waals surface area contributed by atoms with Crippen molar-refractivity contribution < 1.29 is 0 Å². The second kappa shape index (κ2) is 5.16. The molecule has 1 aliphatic heterocycles. The molecule has 1 aromatic rings. The minimum atomic E-state index is 0.136. The van der Waals surface area contributed by atoms with Gasteiger partial charge in [-0.1, -0.05) is 25.0 Å². The van der Waals surface area contributed by atoms with Crippen LogP contribution in [0.4, 0.5) is 5.69 Å². The maximum Gasteiger partial charge on any atom is 0.0366 e. The zero-order chi connectivity index (χ0) is 13.3. The van der Waals surface area contributed by atoms with Crippen LogP contribution in [0.25, 0.3) is 0 Å². The molecule has 1 aliphatic carbocycles. The largest absolute Gasteiger partial charge is 0.371 e. The lowest BCUT2D eigenvalue weighted by molar-refractivity contribution is 0.226. The molecule has 1 saturated carbocycles. The van der Waals surface area contributed by atoms with E-state index in [9.17, 15) is 0 Å². The predicted octanol–water partition coefficient (Wildman–Crippen LogP) is 3.87. The molecule has 0 amide bonds. The van der Waals surface area contributed by atoms with Gasteiger partial charge in [-0.2, -0.15) is 0 Å². The molecular formula is C17H26N2. The molecule has 0 radical (unpaired) electrons. The normalized spacial score (nSPS) is 23.8. The summed E-state index contributed by atoms with van der Waals surface area (Å²) in [5, 5.41) is 0. The highest BCUT2D eigenvalue weighted by atomic mass is 15.1. The molecule has 2 nitrogen and oxygen atoms in total. The van der Waals surface area contributed by atoms with Crippen LogP contribution in [-0.4, -0.2) is 13.1 Å². The van der Waals surface area contributed by atoms with Crippen molar-refractivity contribution in [1.82, 2.24) is 0 Å². The molecule has 1 atom stereocenters. The first-order chi connectivity index (χ1) is 9.19. The smallest absolute Gasteiger partial charge is 0.0366 e. The van der Waals surface area contributed by atoms with Gasteiger partial charge in [0, 0.05) is 24.8 Å². The third kappa shape index (κ3) is 2.64. The molecule has 19 heavy (non-hydrogen) atoms. The Morgan fingerprint density at radius 1 is 1.00 bits per heavy atom. The van der Waals surface area contributed by atoms with E-state index in [1.807, 2.05) is 6.92 Å². The fraction of sp³-hybridized carbons (Fsp3) is 0.647. The van der Waals surface area contributed by atoms with Crippen LogP contribution in [0.1, 0.15) is 57.1 Å². The van der Waals surface area contributed by atoms with E-state index in [1.54, 1.807) is 0 Å². The van der Waals surface area contributed by atoms with Crippen LogP contribution >= 0.6 is 0 Å². The molecule has 1 saturated heterocycles. The van der Waals surface area contributed by atoms with Crippen LogP contribution in [-0.2, 0) is 0 Å². The molecule has 2 heteroatoms. The van der Waals surface area contributed by atoms with Crippen LogP contribution in [0.15, 0.2) is 24.3 Å². The molecule has 3 rings (SSSR count). The van der Waals surface area contributed by atoms with E-state index in [0.717, 1.165) is 0 Å². The van der Waals surface area contributed by atoms with Crippen molar-refractivity contribution in [3.8, 4) is 0 Å². The average Bonchev–Trinajstić information content (AvgIpc) is 2.88. The van der Waals surface area contributed by atoms with Crippen LogP contribution < -0.4 is 10.6 Å². The summed E-state index contributed by atoms with van der Waals surface area (Å²) in [7, 11) is 0. The number of hydrogen-bond acceptors (Lipinski definition) is 2. The summed E-state index contributed by atoms with van der Waals surface area (Å²) < 4.78 is 0. The Balaban J connectivity index is 1.64.